The summed E-state index contributed by atoms with van der Waals surface area (Å²) in [7, 11) is 1.65. The molecule has 3 rings (SSSR count). The highest BCUT2D eigenvalue weighted by molar-refractivity contribution is 8.18. The molecular weight excluding hydrogens is 360 g/mol. The fraction of sp³-hybridized carbons (Fsp3) is 0.0625. The van der Waals surface area contributed by atoms with Crippen LogP contribution >= 0.6 is 23.1 Å². The minimum absolute atomic E-state index is 0.0192. The van der Waals surface area contributed by atoms with Crippen LogP contribution in [0.15, 0.2) is 57.9 Å². The molecule has 1 fully saturated rings. The fourth-order valence-electron chi connectivity index (χ4n) is 2.05. The molecule has 126 valence electrons. The van der Waals surface area contributed by atoms with Crippen LogP contribution in [0.4, 0.5) is 10.8 Å². The summed E-state index contributed by atoms with van der Waals surface area (Å²) in [4.78, 5) is 33.2. The Morgan fingerprint density at radius 3 is 2.88 bits per heavy atom. The highest BCUT2D eigenvalue weighted by Gasteiger charge is 2.30. The first-order valence-corrected chi connectivity index (χ1v) is 8.82. The van der Waals surface area contributed by atoms with Crippen molar-refractivity contribution < 1.29 is 9.72 Å². The average molecular weight is 372 g/mol. The van der Waals surface area contributed by atoms with E-state index in [1.165, 1.54) is 34.1 Å². The molecule has 0 unspecified atom stereocenters. The molecule has 9 heteroatoms. The van der Waals surface area contributed by atoms with Gasteiger partial charge in [-0.2, -0.15) is 4.99 Å². The Labute approximate surface area is 151 Å². The number of nitro groups is 1. The largest absolute Gasteiger partial charge is 0.289 e. The van der Waals surface area contributed by atoms with Crippen LogP contribution in [-0.2, 0) is 4.79 Å². The maximum Gasteiger partial charge on any atom is 0.276 e. The third-order valence-corrected chi connectivity index (χ3v) is 5.01. The molecule has 0 radical (unpaired) electrons. The Balaban J connectivity index is 1.81. The van der Waals surface area contributed by atoms with E-state index in [0.29, 0.717) is 20.8 Å². The Morgan fingerprint density at radius 2 is 2.16 bits per heavy atom. The molecule has 0 spiro atoms. The highest BCUT2D eigenvalue weighted by Crippen LogP contribution is 2.32. The predicted molar refractivity (Wildman–Crippen MR) is 99.8 cm³/mol. The molecule has 25 heavy (non-hydrogen) atoms. The zero-order valence-corrected chi connectivity index (χ0v) is 14.7. The molecule has 2 heterocycles. The number of carbonyl (C=O) groups excluding carboxylic acids is 1. The van der Waals surface area contributed by atoms with Crippen LogP contribution in [0.1, 0.15) is 5.56 Å². The number of hydrogen-bond donors (Lipinski definition) is 0. The molecule has 0 N–H and O–H groups in total. The summed E-state index contributed by atoms with van der Waals surface area (Å²) in [5.41, 5.74) is 0.496. The highest BCUT2D eigenvalue weighted by atomic mass is 32.2. The maximum atomic E-state index is 12.3. The second-order valence-corrected chi connectivity index (χ2v) is 6.76. The van der Waals surface area contributed by atoms with E-state index >= 15 is 0 Å². The van der Waals surface area contributed by atoms with E-state index in [1.807, 2.05) is 5.38 Å². The maximum absolute atomic E-state index is 12.3. The van der Waals surface area contributed by atoms with Gasteiger partial charge in [-0.15, -0.1) is 11.3 Å². The molecule has 0 bridgehead atoms. The lowest BCUT2D eigenvalue weighted by molar-refractivity contribution is -0.385. The van der Waals surface area contributed by atoms with E-state index in [0.717, 1.165) is 0 Å². The van der Waals surface area contributed by atoms with Crippen molar-refractivity contribution in [3.05, 3.63) is 68.6 Å². The van der Waals surface area contributed by atoms with Gasteiger partial charge in [0.2, 0.25) is 5.13 Å². The fourth-order valence-corrected chi connectivity index (χ4v) is 3.53. The lowest BCUT2D eigenvalue weighted by atomic mass is 10.1. The van der Waals surface area contributed by atoms with E-state index < -0.39 is 4.92 Å². The van der Waals surface area contributed by atoms with Crippen LogP contribution in [0.25, 0.3) is 6.08 Å². The number of carbonyl (C=O) groups is 1. The van der Waals surface area contributed by atoms with Crippen LogP contribution in [0.3, 0.4) is 0 Å². The Kier molecular flexibility index (Phi) is 5.05. The Morgan fingerprint density at radius 1 is 1.36 bits per heavy atom. The van der Waals surface area contributed by atoms with Crippen LogP contribution in [0.2, 0.25) is 0 Å². The molecule has 0 saturated carbocycles. The van der Waals surface area contributed by atoms with Crippen molar-refractivity contribution in [3.63, 3.8) is 0 Å². The molecule has 1 aliphatic rings. The van der Waals surface area contributed by atoms with E-state index in [4.69, 9.17) is 0 Å². The topological polar surface area (TPSA) is 88.7 Å². The molecule has 0 aliphatic carbocycles. The summed E-state index contributed by atoms with van der Waals surface area (Å²) < 4.78 is 0. The molecule has 1 aromatic carbocycles. The first kappa shape index (κ1) is 17.1. The number of hydrogen-bond acceptors (Lipinski definition) is 7. The number of thioether (sulfide) groups is 1. The zero-order chi connectivity index (χ0) is 17.8. The lowest BCUT2D eigenvalue weighted by Crippen LogP contribution is -2.23. The van der Waals surface area contributed by atoms with E-state index in [-0.39, 0.29) is 11.6 Å². The third-order valence-electron chi connectivity index (χ3n) is 3.27. The molecule has 1 saturated heterocycles. The van der Waals surface area contributed by atoms with Crippen LogP contribution in [-0.4, -0.2) is 32.9 Å². The van der Waals surface area contributed by atoms with Gasteiger partial charge in [0.05, 0.1) is 15.4 Å². The van der Waals surface area contributed by atoms with E-state index in [2.05, 4.69) is 9.98 Å². The van der Waals surface area contributed by atoms with Gasteiger partial charge in [0.1, 0.15) is 0 Å². The van der Waals surface area contributed by atoms with Gasteiger partial charge in [-0.25, -0.2) is 4.98 Å². The normalized spacial score (nSPS) is 18.0. The van der Waals surface area contributed by atoms with Gasteiger partial charge >= 0.3 is 0 Å². The number of allylic oxidation sites excluding steroid dienone is 2. The van der Waals surface area contributed by atoms with Crippen molar-refractivity contribution in [2.24, 2.45) is 4.99 Å². The molecule has 0 atom stereocenters. The van der Waals surface area contributed by atoms with Gasteiger partial charge < -0.3 is 0 Å². The van der Waals surface area contributed by atoms with Gasteiger partial charge in [0.25, 0.3) is 11.6 Å². The predicted octanol–water partition coefficient (Wildman–Crippen LogP) is 3.84. The number of nitro benzene ring substituents is 1. The first-order valence-electron chi connectivity index (χ1n) is 7.12. The summed E-state index contributed by atoms with van der Waals surface area (Å²) in [5.74, 6) is -0.174. The minimum Gasteiger partial charge on any atom is -0.289 e. The average Bonchev–Trinajstić information content (AvgIpc) is 3.20. The summed E-state index contributed by atoms with van der Waals surface area (Å²) >= 11 is 2.63. The number of rotatable bonds is 4. The number of benzene rings is 1. The summed E-state index contributed by atoms with van der Waals surface area (Å²) in [6.45, 7) is 0. The van der Waals surface area contributed by atoms with E-state index in [9.17, 15) is 14.9 Å². The van der Waals surface area contributed by atoms with Crippen LogP contribution in [0.5, 0.6) is 0 Å². The second-order valence-electron chi connectivity index (χ2n) is 4.88. The monoisotopic (exact) mass is 372 g/mol. The number of amides is 1. The molecule has 1 aliphatic heterocycles. The Bertz CT molecular complexity index is 904. The summed E-state index contributed by atoms with van der Waals surface area (Å²) in [6.07, 6.45) is 6.51. The number of para-hydroxylation sites is 1. The van der Waals surface area contributed by atoms with Crippen LogP contribution in [0, 0.1) is 10.1 Å². The van der Waals surface area contributed by atoms with Crippen molar-refractivity contribution in [1.82, 2.24) is 9.88 Å². The molecule has 1 amide bonds. The zero-order valence-electron chi connectivity index (χ0n) is 13.0. The number of amidine groups is 1. The smallest absolute Gasteiger partial charge is 0.276 e. The number of nitrogens with zero attached hydrogens (tertiary/aromatic N) is 4. The van der Waals surface area contributed by atoms with Gasteiger partial charge in [-0.1, -0.05) is 18.2 Å². The molecular formula is C16H12N4O3S2. The number of aromatic nitrogens is 1. The van der Waals surface area contributed by atoms with Gasteiger partial charge in [0.15, 0.2) is 5.17 Å². The molecule has 1 aromatic heterocycles. The second kappa shape index (κ2) is 7.41. The van der Waals surface area contributed by atoms with Gasteiger partial charge in [-0.05, 0) is 30.0 Å². The van der Waals surface area contributed by atoms with Crippen molar-refractivity contribution in [2.45, 2.75) is 0 Å². The van der Waals surface area contributed by atoms with Gasteiger partial charge in [-0.3, -0.25) is 19.8 Å². The number of aliphatic imine (C=N–C) groups is 1. The number of thiazole rings is 1. The van der Waals surface area contributed by atoms with Crippen molar-refractivity contribution >= 4 is 51.1 Å². The van der Waals surface area contributed by atoms with Crippen molar-refractivity contribution in [1.29, 1.82) is 0 Å². The Hall–Kier alpha value is -2.78. The quantitative estimate of drug-likeness (QED) is 0.462. The van der Waals surface area contributed by atoms with Crippen LogP contribution < -0.4 is 0 Å². The lowest BCUT2D eigenvalue weighted by Gasteiger charge is -2.05. The third kappa shape index (κ3) is 3.83. The van der Waals surface area contributed by atoms with Gasteiger partial charge in [0, 0.05) is 24.7 Å². The standard InChI is InChI=1S/C16H12N4O3S2/c1-19-14(21)13(25-16(19)18-15-17-9-10-24-15)8-4-6-11-5-2-3-7-12(11)20(22)23/h2-10H,1H3/b6-4+,13-8-,18-16+. The van der Waals surface area contributed by atoms with Crippen molar-refractivity contribution in [2.75, 3.05) is 7.05 Å². The van der Waals surface area contributed by atoms with Crippen molar-refractivity contribution in [3.8, 4) is 0 Å². The minimum atomic E-state index is -0.436. The molecule has 7 nitrogen and oxygen atoms in total. The molecule has 2 aromatic rings. The summed E-state index contributed by atoms with van der Waals surface area (Å²) in [5, 5.41) is 13.9. The SMILES string of the molecule is CN1C(=O)/C(=C/C=C/c2ccccc2[N+](=O)[O-])S/C1=N/c1nccs1. The first-order chi connectivity index (χ1) is 12.1. The van der Waals surface area contributed by atoms with E-state index in [1.54, 1.807) is 49.7 Å². The number of likely N-dealkylation sites (N-methyl/N-ethyl adjacent to an activating group) is 1. The summed E-state index contributed by atoms with van der Waals surface area (Å²) in [6, 6.07) is 6.43.